The number of amides is 3. The lowest BCUT2D eigenvalue weighted by Crippen LogP contribution is -2.62. The number of piperazine rings is 1. The van der Waals surface area contributed by atoms with Crippen molar-refractivity contribution in [2.45, 2.75) is 64.4 Å². The van der Waals surface area contributed by atoms with Crippen molar-refractivity contribution in [3.63, 3.8) is 0 Å². The fourth-order valence-corrected chi connectivity index (χ4v) is 4.34. The van der Waals surface area contributed by atoms with Gasteiger partial charge in [-0.3, -0.25) is 9.59 Å². The second kappa shape index (κ2) is 11.5. The summed E-state index contributed by atoms with van der Waals surface area (Å²) in [6.07, 6.45) is 1.57. The summed E-state index contributed by atoms with van der Waals surface area (Å²) in [6, 6.07) is 6.90. The largest absolute Gasteiger partial charge is 0.424 e. The number of carbonyl (C=O) groups excluding carboxylic acids is 3. The normalized spacial score (nSPS) is 22.2. The van der Waals surface area contributed by atoms with Gasteiger partial charge in [-0.05, 0) is 50.3 Å². The van der Waals surface area contributed by atoms with Gasteiger partial charge in [-0.1, -0.05) is 38.1 Å². The average molecular weight is 460 g/mol. The number of hydrogen-bond donors (Lipinski definition) is 4. The van der Waals surface area contributed by atoms with Gasteiger partial charge in [0.1, 0.15) is 6.04 Å². The molecule has 1 aromatic carbocycles. The van der Waals surface area contributed by atoms with E-state index in [-0.39, 0.29) is 23.8 Å². The molecular weight excluding hydrogens is 422 g/mol. The molecule has 3 rings (SSSR count). The van der Waals surface area contributed by atoms with E-state index in [2.05, 4.69) is 27.3 Å². The van der Waals surface area contributed by atoms with E-state index in [0.29, 0.717) is 19.6 Å². The van der Waals surface area contributed by atoms with Crippen LogP contribution in [0.4, 0.5) is 4.79 Å². The lowest BCUT2D eigenvalue weighted by Gasteiger charge is -2.38. The van der Waals surface area contributed by atoms with Crippen molar-refractivity contribution in [1.82, 2.24) is 26.2 Å². The van der Waals surface area contributed by atoms with Gasteiger partial charge in [-0.2, -0.15) is 0 Å². The first-order valence-corrected chi connectivity index (χ1v) is 11.9. The minimum absolute atomic E-state index is 0.103. The molecule has 33 heavy (non-hydrogen) atoms. The van der Waals surface area contributed by atoms with Gasteiger partial charge in [0.15, 0.2) is 6.23 Å². The highest BCUT2D eigenvalue weighted by Gasteiger charge is 2.36. The zero-order valence-corrected chi connectivity index (χ0v) is 20.0. The Morgan fingerprint density at radius 2 is 1.94 bits per heavy atom. The SMILES string of the molecule is CN[C@@H](C)C(=O)N[C@H](C(=O)N1CCNC[C@@H]1OC(=O)NC1CCCc2ccccc21)C(C)C. The number of alkyl carbamates (subject to hydrolysis) is 1. The van der Waals surface area contributed by atoms with E-state index in [4.69, 9.17) is 4.74 Å². The van der Waals surface area contributed by atoms with E-state index in [1.165, 1.54) is 5.56 Å². The summed E-state index contributed by atoms with van der Waals surface area (Å²) in [5.74, 6) is -0.608. The molecule has 0 spiro atoms. The maximum atomic E-state index is 13.4. The maximum absolute atomic E-state index is 13.4. The minimum Gasteiger partial charge on any atom is -0.424 e. The monoisotopic (exact) mass is 459 g/mol. The zero-order valence-electron chi connectivity index (χ0n) is 20.0. The van der Waals surface area contributed by atoms with Crippen LogP contribution in [-0.2, 0) is 20.7 Å². The van der Waals surface area contributed by atoms with Crippen molar-refractivity contribution in [2.75, 3.05) is 26.7 Å². The number of benzene rings is 1. The van der Waals surface area contributed by atoms with E-state index < -0.39 is 24.4 Å². The van der Waals surface area contributed by atoms with Crippen LogP contribution < -0.4 is 21.3 Å². The van der Waals surface area contributed by atoms with Gasteiger partial charge in [-0.15, -0.1) is 0 Å². The molecule has 1 aliphatic heterocycles. The first-order valence-electron chi connectivity index (χ1n) is 11.9. The lowest BCUT2D eigenvalue weighted by molar-refractivity contribution is -0.148. The molecule has 1 heterocycles. The molecule has 4 atom stereocenters. The number of likely N-dealkylation sites (N-methyl/N-ethyl adjacent to an activating group) is 1. The quantitative estimate of drug-likeness (QED) is 0.489. The number of nitrogens with zero attached hydrogens (tertiary/aromatic N) is 1. The Hall–Kier alpha value is -2.65. The molecule has 2 aliphatic rings. The second-order valence-corrected chi connectivity index (χ2v) is 9.12. The molecule has 1 aromatic rings. The molecular formula is C24H37N5O4. The molecule has 1 unspecified atom stereocenters. The van der Waals surface area contributed by atoms with Gasteiger partial charge in [0.2, 0.25) is 11.8 Å². The Labute approximate surface area is 196 Å². The van der Waals surface area contributed by atoms with Crippen LogP contribution in [0.25, 0.3) is 0 Å². The Kier molecular flexibility index (Phi) is 8.68. The van der Waals surface area contributed by atoms with E-state index in [1.807, 2.05) is 32.0 Å². The highest BCUT2D eigenvalue weighted by molar-refractivity contribution is 5.90. The Bertz CT molecular complexity index is 846. The molecule has 0 aromatic heterocycles. The highest BCUT2D eigenvalue weighted by atomic mass is 16.6. The predicted octanol–water partition coefficient (Wildman–Crippen LogP) is 1.30. The van der Waals surface area contributed by atoms with Crippen molar-refractivity contribution in [3.8, 4) is 0 Å². The van der Waals surface area contributed by atoms with Crippen LogP contribution in [-0.4, -0.2) is 67.8 Å². The summed E-state index contributed by atoms with van der Waals surface area (Å²) in [5, 5.41) is 11.9. The summed E-state index contributed by atoms with van der Waals surface area (Å²) >= 11 is 0. The van der Waals surface area contributed by atoms with Crippen LogP contribution in [0.2, 0.25) is 0 Å². The summed E-state index contributed by atoms with van der Waals surface area (Å²) in [5.41, 5.74) is 2.37. The van der Waals surface area contributed by atoms with Crippen molar-refractivity contribution >= 4 is 17.9 Å². The number of aryl methyl sites for hydroxylation is 1. The predicted molar refractivity (Wildman–Crippen MR) is 125 cm³/mol. The third kappa shape index (κ3) is 6.23. The molecule has 1 fully saturated rings. The van der Waals surface area contributed by atoms with Gasteiger partial charge in [0.25, 0.3) is 0 Å². The first-order chi connectivity index (χ1) is 15.8. The smallest absolute Gasteiger partial charge is 0.409 e. The van der Waals surface area contributed by atoms with Crippen molar-refractivity contribution < 1.29 is 19.1 Å². The van der Waals surface area contributed by atoms with Crippen LogP contribution in [0, 0.1) is 5.92 Å². The Morgan fingerprint density at radius 1 is 1.18 bits per heavy atom. The van der Waals surface area contributed by atoms with E-state index in [9.17, 15) is 14.4 Å². The van der Waals surface area contributed by atoms with Crippen molar-refractivity contribution in [3.05, 3.63) is 35.4 Å². The Balaban J connectivity index is 1.66. The number of ether oxygens (including phenoxy) is 1. The number of rotatable bonds is 7. The standard InChI is InChI=1S/C24H37N5O4/c1-15(2)21(28-22(30)16(3)25-4)23(31)29-13-12-26-14-20(29)33-24(32)27-19-11-7-9-17-8-5-6-10-18(17)19/h5-6,8,10,15-16,19-21,25-26H,7,9,11-14H2,1-4H3,(H,27,32)(H,28,30)/t16-,19?,20-,21-/m0/s1. The topological polar surface area (TPSA) is 112 Å². The van der Waals surface area contributed by atoms with Crippen LogP contribution >= 0.6 is 0 Å². The zero-order chi connectivity index (χ0) is 24.0. The van der Waals surface area contributed by atoms with Gasteiger partial charge < -0.3 is 30.9 Å². The van der Waals surface area contributed by atoms with Gasteiger partial charge >= 0.3 is 6.09 Å². The fourth-order valence-electron chi connectivity index (χ4n) is 4.34. The fraction of sp³-hybridized carbons (Fsp3) is 0.625. The van der Waals surface area contributed by atoms with E-state index in [1.54, 1.807) is 18.9 Å². The number of hydrogen-bond acceptors (Lipinski definition) is 6. The van der Waals surface area contributed by atoms with E-state index in [0.717, 1.165) is 24.8 Å². The van der Waals surface area contributed by atoms with Gasteiger partial charge in [-0.25, -0.2) is 4.79 Å². The van der Waals surface area contributed by atoms with Gasteiger partial charge in [0, 0.05) is 13.1 Å². The van der Waals surface area contributed by atoms with Crippen LogP contribution in [0.5, 0.6) is 0 Å². The lowest BCUT2D eigenvalue weighted by atomic mass is 9.88. The third-order valence-electron chi connectivity index (χ3n) is 6.44. The minimum atomic E-state index is -0.745. The molecule has 0 saturated carbocycles. The van der Waals surface area contributed by atoms with Crippen LogP contribution in [0.3, 0.4) is 0 Å². The summed E-state index contributed by atoms with van der Waals surface area (Å²) in [4.78, 5) is 40.1. The van der Waals surface area contributed by atoms with Crippen molar-refractivity contribution in [2.24, 2.45) is 5.92 Å². The van der Waals surface area contributed by atoms with E-state index >= 15 is 0 Å². The molecule has 0 radical (unpaired) electrons. The summed E-state index contributed by atoms with van der Waals surface area (Å²) in [6.45, 7) is 6.84. The Morgan fingerprint density at radius 3 is 2.67 bits per heavy atom. The molecule has 3 amide bonds. The molecule has 9 nitrogen and oxygen atoms in total. The summed E-state index contributed by atoms with van der Waals surface area (Å²) < 4.78 is 5.71. The first kappa shape index (κ1) is 25.0. The van der Waals surface area contributed by atoms with Crippen molar-refractivity contribution in [1.29, 1.82) is 0 Å². The summed E-state index contributed by atoms with van der Waals surface area (Å²) in [7, 11) is 1.69. The highest BCUT2D eigenvalue weighted by Crippen LogP contribution is 2.29. The third-order valence-corrected chi connectivity index (χ3v) is 6.44. The average Bonchev–Trinajstić information content (AvgIpc) is 2.81. The number of carbonyl (C=O) groups is 3. The van der Waals surface area contributed by atoms with Crippen LogP contribution in [0.15, 0.2) is 24.3 Å². The molecule has 9 heteroatoms. The molecule has 182 valence electrons. The second-order valence-electron chi connectivity index (χ2n) is 9.12. The molecule has 0 bridgehead atoms. The number of fused-ring (bicyclic) bond motifs is 1. The van der Waals surface area contributed by atoms with Crippen LogP contribution in [0.1, 0.15) is 50.8 Å². The van der Waals surface area contributed by atoms with Gasteiger partial charge in [0.05, 0.1) is 18.6 Å². The number of nitrogens with one attached hydrogen (secondary N) is 4. The maximum Gasteiger partial charge on any atom is 0.409 e. The molecule has 1 saturated heterocycles. The molecule has 4 N–H and O–H groups in total. The molecule has 1 aliphatic carbocycles.